The second-order valence-electron chi connectivity index (χ2n) is 10.2. The maximum atomic E-state index is 13.4. The lowest BCUT2D eigenvalue weighted by atomic mass is 9.73. The molecule has 7 heteroatoms. The van der Waals surface area contributed by atoms with Gasteiger partial charge in [0.25, 0.3) is 0 Å². The zero-order valence-corrected chi connectivity index (χ0v) is 21.2. The largest absolute Gasteiger partial charge is 0.477 e. The molecule has 1 N–H and O–H groups in total. The van der Waals surface area contributed by atoms with Gasteiger partial charge in [-0.2, -0.15) is 0 Å². The zero-order chi connectivity index (χ0) is 25.2. The number of aromatic nitrogens is 1. The maximum Gasteiger partial charge on any atom is 0.341 e. The fourth-order valence-electron chi connectivity index (χ4n) is 4.67. The Morgan fingerprint density at radius 1 is 1.03 bits per heavy atom. The van der Waals surface area contributed by atoms with Crippen molar-refractivity contribution in [3.05, 3.63) is 81.1 Å². The number of pyridine rings is 1. The van der Waals surface area contributed by atoms with Gasteiger partial charge in [-0.05, 0) is 51.3 Å². The van der Waals surface area contributed by atoms with Crippen LogP contribution >= 0.6 is 11.3 Å². The van der Waals surface area contributed by atoms with Gasteiger partial charge in [0.1, 0.15) is 16.6 Å². The van der Waals surface area contributed by atoms with Crippen molar-refractivity contribution in [3.63, 3.8) is 0 Å². The van der Waals surface area contributed by atoms with Crippen molar-refractivity contribution in [2.45, 2.75) is 70.4 Å². The maximum absolute atomic E-state index is 13.4. The van der Waals surface area contributed by atoms with E-state index < -0.39 is 22.4 Å². The van der Waals surface area contributed by atoms with Crippen molar-refractivity contribution in [2.24, 2.45) is 0 Å². The second-order valence-corrected chi connectivity index (χ2v) is 11.3. The minimum absolute atomic E-state index is 0.223. The van der Waals surface area contributed by atoms with Crippen LogP contribution in [0.4, 0.5) is 0 Å². The molecule has 0 saturated heterocycles. The summed E-state index contributed by atoms with van der Waals surface area (Å²) < 4.78 is 7.57. The summed E-state index contributed by atoms with van der Waals surface area (Å²) in [7, 11) is 0. The molecule has 0 spiro atoms. The molecule has 1 aromatic carbocycles. The first-order chi connectivity index (χ1) is 16.6. The predicted molar refractivity (Wildman–Crippen MR) is 137 cm³/mol. The summed E-state index contributed by atoms with van der Waals surface area (Å²) in [6.45, 7) is 6.05. The van der Waals surface area contributed by atoms with Crippen LogP contribution in [0.25, 0.3) is 10.4 Å². The highest BCUT2D eigenvalue weighted by atomic mass is 32.1. The Kier molecular flexibility index (Phi) is 6.99. The molecule has 2 aromatic heterocycles. The van der Waals surface area contributed by atoms with E-state index in [1.165, 1.54) is 17.5 Å². The van der Waals surface area contributed by atoms with E-state index in [9.17, 15) is 19.5 Å². The number of rotatable bonds is 6. The fraction of sp³-hybridized carbons (Fsp3) is 0.393. The van der Waals surface area contributed by atoms with E-state index in [4.69, 9.17) is 4.74 Å². The van der Waals surface area contributed by atoms with E-state index in [-0.39, 0.29) is 11.5 Å². The summed E-state index contributed by atoms with van der Waals surface area (Å²) in [5, 5.41) is 9.69. The molecule has 0 unspecified atom stereocenters. The fourth-order valence-corrected chi connectivity index (χ4v) is 5.91. The van der Waals surface area contributed by atoms with Gasteiger partial charge in [0.05, 0.1) is 5.56 Å². The molecule has 0 radical (unpaired) electrons. The quantitative estimate of drug-likeness (QED) is 0.434. The molecule has 1 fully saturated rings. The van der Waals surface area contributed by atoms with Crippen LogP contribution in [0.5, 0.6) is 0 Å². The smallest absolute Gasteiger partial charge is 0.341 e. The average Bonchev–Trinajstić information content (AvgIpc) is 3.30. The summed E-state index contributed by atoms with van der Waals surface area (Å²) in [6.07, 6.45) is 7.45. The normalized spacial score (nSPS) is 15.5. The minimum Gasteiger partial charge on any atom is -0.477 e. The van der Waals surface area contributed by atoms with Gasteiger partial charge >= 0.3 is 11.9 Å². The van der Waals surface area contributed by atoms with Crippen LogP contribution in [-0.4, -0.2) is 27.2 Å². The number of carbonyl (C=O) groups excluding carboxylic acids is 1. The van der Waals surface area contributed by atoms with Crippen LogP contribution in [0.15, 0.2) is 59.7 Å². The van der Waals surface area contributed by atoms with Crippen molar-refractivity contribution in [1.82, 2.24) is 4.57 Å². The molecule has 184 valence electrons. The van der Waals surface area contributed by atoms with E-state index in [2.05, 4.69) is 0 Å². The molecule has 0 bridgehead atoms. The number of esters is 1. The highest BCUT2D eigenvalue weighted by Crippen LogP contribution is 2.45. The summed E-state index contributed by atoms with van der Waals surface area (Å²) in [5.41, 5.74) is -0.799. The first-order valence-electron chi connectivity index (χ1n) is 11.9. The lowest BCUT2D eigenvalue weighted by Crippen LogP contribution is -2.42. The second kappa shape index (κ2) is 9.82. The first-order valence-corrected chi connectivity index (χ1v) is 12.8. The Morgan fingerprint density at radius 2 is 1.71 bits per heavy atom. The SMILES string of the molecule is CC(C)(C)OC(=O)C1(c2ccc(-c3cn(Cc4ccccc4)cc(C(=O)O)c3=O)s2)CCCCC1. The molecule has 2 heterocycles. The van der Waals surface area contributed by atoms with Crippen LogP contribution < -0.4 is 5.43 Å². The van der Waals surface area contributed by atoms with Crippen molar-refractivity contribution < 1.29 is 19.4 Å². The molecule has 0 aliphatic heterocycles. The molecule has 1 aliphatic carbocycles. The molecule has 6 nitrogen and oxygen atoms in total. The number of carboxylic acids is 1. The Labute approximate surface area is 209 Å². The summed E-state index contributed by atoms with van der Waals surface area (Å²) in [5.74, 6) is -1.48. The van der Waals surface area contributed by atoms with Gasteiger partial charge in [0, 0.05) is 28.7 Å². The number of hydrogen-bond acceptors (Lipinski definition) is 5. The lowest BCUT2D eigenvalue weighted by Gasteiger charge is -2.36. The number of hydrogen-bond donors (Lipinski definition) is 1. The van der Waals surface area contributed by atoms with Gasteiger partial charge in [0.2, 0.25) is 5.43 Å². The molecule has 0 amide bonds. The molecule has 4 rings (SSSR count). The van der Waals surface area contributed by atoms with Crippen LogP contribution in [0.2, 0.25) is 0 Å². The Bertz CT molecular complexity index is 1280. The Balaban J connectivity index is 1.76. The zero-order valence-electron chi connectivity index (χ0n) is 20.4. The van der Waals surface area contributed by atoms with Crippen LogP contribution in [0.1, 0.15) is 73.7 Å². The highest BCUT2D eigenvalue weighted by molar-refractivity contribution is 7.15. The van der Waals surface area contributed by atoms with E-state index in [1.807, 2.05) is 63.2 Å². The van der Waals surface area contributed by atoms with Gasteiger partial charge in [-0.1, -0.05) is 49.6 Å². The van der Waals surface area contributed by atoms with Gasteiger partial charge in [-0.25, -0.2) is 4.79 Å². The monoisotopic (exact) mass is 493 g/mol. The molecule has 35 heavy (non-hydrogen) atoms. The van der Waals surface area contributed by atoms with Gasteiger partial charge < -0.3 is 14.4 Å². The topological polar surface area (TPSA) is 85.6 Å². The highest BCUT2D eigenvalue weighted by Gasteiger charge is 2.45. The summed E-state index contributed by atoms with van der Waals surface area (Å²) in [6, 6.07) is 13.4. The number of ether oxygens (including phenoxy) is 1. The van der Waals surface area contributed by atoms with Gasteiger partial charge in [-0.15, -0.1) is 11.3 Å². The van der Waals surface area contributed by atoms with Crippen LogP contribution in [0.3, 0.4) is 0 Å². The standard InChI is InChI=1S/C28H31NO5S/c1-27(2,3)34-26(33)28(14-8-5-9-15-28)23-13-12-22(35-23)20-17-29(16-19-10-6-4-7-11-19)18-21(24(20)30)25(31)32/h4,6-7,10-13,17-18H,5,8-9,14-16H2,1-3H3,(H,31,32). The number of carbonyl (C=O) groups is 2. The number of benzene rings is 1. The van der Waals surface area contributed by atoms with E-state index in [0.717, 1.165) is 29.7 Å². The van der Waals surface area contributed by atoms with Crippen LogP contribution in [-0.2, 0) is 21.5 Å². The van der Waals surface area contributed by atoms with Crippen LogP contribution in [0, 0.1) is 0 Å². The summed E-state index contributed by atoms with van der Waals surface area (Å²) >= 11 is 1.39. The molecule has 1 aliphatic rings. The number of nitrogens with zero attached hydrogens (tertiary/aromatic N) is 1. The van der Waals surface area contributed by atoms with Gasteiger partial charge in [-0.3, -0.25) is 9.59 Å². The summed E-state index contributed by atoms with van der Waals surface area (Å²) in [4.78, 5) is 39.9. The Morgan fingerprint density at radius 3 is 2.34 bits per heavy atom. The van der Waals surface area contributed by atoms with Gasteiger partial charge in [0.15, 0.2) is 0 Å². The van der Waals surface area contributed by atoms with Crippen molar-refractivity contribution in [2.75, 3.05) is 0 Å². The van der Waals surface area contributed by atoms with E-state index in [0.29, 0.717) is 29.8 Å². The molecule has 0 atom stereocenters. The van der Waals surface area contributed by atoms with Crippen molar-refractivity contribution in [3.8, 4) is 10.4 Å². The molecule has 1 saturated carbocycles. The molecular weight excluding hydrogens is 462 g/mol. The van der Waals surface area contributed by atoms with E-state index >= 15 is 0 Å². The predicted octanol–water partition coefficient (Wildman–Crippen LogP) is 5.87. The average molecular weight is 494 g/mol. The third-order valence-electron chi connectivity index (χ3n) is 6.36. The van der Waals surface area contributed by atoms with E-state index in [1.54, 1.807) is 10.8 Å². The number of aromatic carboxylic acids is 1. The third kappa shape index (κ3) is 5.40. The molecular formula is C28H31NO5S. The van der Waals surface area contributed by atoms with Crippen molar-refractivity contribution in [1.29, 1.82) is 0 Å². The minimum atomic E-state index is -1.26. The number of carboxylic acid groups (broad SMARTS) is 1. The number of thiophene rings is 1. The first kappa shape index (κ1) is 24.9. The van der Waals surface area contributed by atoms with Crippen molar-refractivity contribution >= 4 is 23.3 Å². The Hall–Kier alpha value is -3.19. The molecule has 3 aromatic rings. The third-order valence-corrected chi connectivity index (χ3v) is 7.68. The lowest BCUT2D eigenvalue weighted by molar-refractivity contribution is -0.163.